The van der Waals surface area contributed by atoms with Crippen molar-refractivity contribution >= 4 is 13.8 Å². The predicted octanol–water partition coefficient (Wildman–Crippen LogP) is 13.9. The Bertz CT molecular complexity index is 1200. The molecule has 3 N–H and O–H groups in total. The molecule has 0 aromatic rings. The Hall–Kier alpha value is -2.58. The van der Waals surface area contributed by atoms with Gasteiger partial charge >= 0.3 is 13.8 Å². The van der Waals surface area contributed by atoms with Gasteiger partial charge in [0.05, 0.1) is 19.8 Å². The van der Waals surface area contributed by atoms with Crippen molar-refractivity contribution in [1.29, 1.82) is 0 Å². The molecule has 0 radical (unpaired) electrons. The van der Waals surface area contributed by atoms with Crippen LogP contribution < -0.4 is 5.73 Å². The molecule has 0 aliphatic rings. The zero-order valence-electron chi connectivity index (χ0n) is 36.7. The van der Waals surface area contributed by atoms with Crippen LogP contribution >= 0.6 is 7.82 Å². The van der Waals surface area contributed by atoms with Crippen LogP contribution in [0, 0.1) is 0 Å². The number of carbonyl (C=O) groups excluding carboxylic acids is 1. The fourth-order valence-corrected chi connectivity index (χ4v) is 6.45. The highest BCUT2D eigenvalue weighted by Crippen LogP contribution is 2.43. The second kappa shape index (κ2) is 45.5. The molecule has 0 bridgehead atoms. The number of esters is 1. The number of ether oxygens (including phenoxy) is 2. The fourth-order valence-electron chi connectivity index (χ4n) is 5.68. The van der Waals surface area contributed by atoms with Crippen LogP contribution in [0.3, 0.4) is 0 Å². The number of allylic oxidation sites excluding steroid dienone is 16. The van der Waals surface area contributed by atoms with Gasteiger partial charge in [-0.1, -0.05) is 169 Å². The van der Waals surface area contributed by atoms with Crippen LogP contribution in [0.15, 0.2) is 97.2 Å². The van der Waals surface area contributed by atoms with Gasteiger partial charge in [0.25, 0.3) is 0 Å². The van der Waals surface area contributed by atoms with Crippen LogP contribution in [0.5, 0.6) is 0 Å². The molecule has 332 valence electrons. The van der Waals surface area contributed by atoms with E-state index in [9.17, 15) is 14.3 Å². The Kier molecular flexibility index (Phi) is 43.5. The lowest BCUT2D eigenvalue weighted by atomic mass is 10.1. The highest BCUT2D eigenvalue weighted by molar-refractivity contribution is 7.47. The van der Waals surface area contributed by atoms with E-state index in [0.717, 1.165) is 116 Å². The molecule has 0 aliphatic heterocycles. The molecule has 0 saturated carbocycles. The number of carbonyl (C=O) groups is 1. The number of hydrogen-bond donors (Lipinski definition) is 2. The first-order valence-corrected chi connectivity index (χ1v) is 24.2. The van der Waals surface area contributed by atoms with Gasteiger partial charge in [-0.25, -0.2) is 4.57 Å². The highest BCUT2D eigenvalue weighted by atomic mass is 31.2. The van der Waals surface area contributed by atoms with E-state index in [4.69, 9.17) is 24.3 Å². The van der Waals surface area contributed by atoms with E-state index in [1.165, 1.54) is 32.1 Å². The average molecular weight is 830 g/mol. The molecule has 2 atom stereocenters. The van der Waals surface area contributed by atoms with Gasteiger partial charge in [0, 0.05) is 19.6 Å². The molecule has 0 fully saturated rings. The largest absolute Gasteiger partial charge is 0.472 e. The first kappa shape index (κ1) is 55.4. The molecule has 0 aliphatic carbocycles. The molecule has 8 nitrogen and oxygen atoms in total. The second-order valence-corrected chi connectivity index (χ2v) is 16.0. The second-order valence-electron chi connectivity index (χ2n) is 14.5. The Morgan fingerprint density at radius 3 is 1.45 bits per heavy atom. The van der Waals surface area contributed by atoms with E-state index in [1.807, 2.05) is 0 Å². The van der Waals surface area contributed by atoms with Crippen molar-refractivity contribution in [2.75, 3.05) is 33.0 Å². The molecule has 0 aromatic carbocycles. The summed E-state index contributed by atoms with van der Waals surface area (Å²) in [6.07, 6.45) is 60.0. The van der Waals surface area contributed by atoms with Gasteiger partial charge in [0.15, 0.2) is 0 Å². The summed E-state index contributed by atoms with van der Waals surface area (Å²) < 4.78 is 33.4. The molecule has 0 amide bonds. The summed E-state index contributed by atoms with van der Waals surface area (Å²) >= 11 is 0. The minimum absolute atomic E-state index is 0.0905. The van der Waals surface area contributed by atoms with Crippen LogP contribution in [0.25, 0.3) is 0 Å². The molecule has 0 heterocycles. The zero-order valence-corrected chi connectivity index (χ0v) is 37.6. The van der Waals surface area contributed by atoms with E-state index in [2.05, 4.69) is 111 Å². The monoisotopic (exact) mass is 830 g/mol. The molecule has 2 unspecified atom stereocenters. The van der Waals surface area contributed by atoms with Crippen molar-refractivity contribution in [3.8, 4) is 0 Å². The molecule has 9 heteroatoms. The van der Waals surface area contributed by atoms with Gasteiger partial charge in [0.2, 0.25) is 0 Å². The topological polar surface area (TPSA) is 117 Å². The van der Waals surface area contributed by atoms with Gasteiger partial charge in [0.1, 0.15) is 6.10 Å². The summed E-state index contributed by atoms with van der Waals surface area (Å²) in [5, 5.41) is 0. The maximum atomic E-state index is 12.6. The first-order chi connectivity index (χ1) is 28.4. The van der Waals surface area contributed by atoms with E-state index in [1.54, 1.807) is 0 Å². The lowest BCUT2D eigenvalue weighted by Crippen LogP contribution is -2.28. The van der Waals surface area contributed by atoms with Gasteiger partial charge < -0.3 is 20.1 Å². The Labute approximate surface area is 355 Å². The molecule has 0 spiro atoms. The van der Waals surface area contributed by atoms with Crippen LogP contribution in [0.1, 0.15) is 168 Å². The third-order valence-electron chi connectivity index (χ3n) is 8.97. The minimum atomic E-state index is -4.29. The van der Waals surface area contributed by atoms with Gasteiger partial charge in [-0.15, -0.1) is 0 Å². The van der Waals surface area contributed by atoms with Crippen molar-refractivity contribution in [2.24, 2.45) is 5.73 Å². The first-order valence-electron chi connectivity index (χ1n) is 22.7. The van der Waals surface area contributed by atoms with Gasteiger partial charge in [-0.3, -0.25) is 13.8 Å². The SMILES string of the molecule is CC/C=C\C/C=C\C/C=C\C/C=C\C/C=C\C/C=C\CCCCCCCCCOCC(COP(=O)(O)OCCN)OC(=O)CCCCCCC/C=C\C/C=C\CCC. The maximum absolute atomic E-state index is 12.6. The van der Waals surface area contributed by atoms with Crippen LogP contribution in [0.4, 0.5) is 0 Å². The minimum Gasteiger partial charge on any atom is -0.457 e. The Balaban J connectivity index is 4.03. The van der Waals surface area contributed by atoms with E-state index < -0.39 is 13.9 Å². The van der Waals surface area contributed by atoms with Crippen LogP contribution in [-0.4, -0.2) is 49.9 Å². The molecule has 0 aromatic heterocycles. The Morgan fingerprint density at radius 1 is 0.534 bits per heavy atom. The van der Waals surface area contributed by atoms with Crippen LogP contribution in [-0.2, 0) is 27.9 Å². The summed E-state index contributed by atoms with van der Waals surface area (Å²) in [4.78, 5) is 22.5. The van der Waals surface area contributed by atoms with Crippen molar-refractivity contribution in [1.82, 2.24) is 0 Å². The Morgan fingerprint density at radius 2 is 0.966 bits per heavy atom. The van der Waals surface area contributed by atoms with E-state index >= 15 is 0 Å². The average Bonchev–Trinajstić information content (AvgIpc) is 3.21. The van der Waals surface area contributed by atoms with Crippen molar-refractivity contribution in [3.63, 3.8) is 0 Å². The number of rotatable bonds is 42. The molecule has 0 rings (SSSR count). The number of hydrogen-bond acceptors (Lipinski definition) is 7. The standard InChI is InChI=1S/C49H84NO7P/c1-3-5-7-9-11-13-15-17-18-19-20-21-22-23-24-25-26-27-28-29-31-33-35-37-39-41-44-54-46-48(47-56-58(52,53)55-45-43-50)57-49(51)42-40-38-36-34-32-30-16-14-12-10-8-6-4-2/h5,7-8,10-11,13-14,16-18,20-21,23-24,26-27,48H,3-4,6,9,12,15,19,22,25,28-47,50H2,1-2H3,(H,52,53)/b7-5-,10-8-,13-11-,16-14-,18-17-,21-20-,24-23-,27-26-. The third-order valence-corrected chi connectivity index (χ3v) is 9.95. The summed E-state index contributed by atoms with van der Waals surface area (Å²) in [5.41, 5.74) is 5.37. The highest BCUT2D eigenvalue weighted by Gasteiger charge is 2.25. The predicted molar refractivity (Wildman–Crippen MR) is 247 cm³/mol. The van der Waals surface area contributed by atoms with Crippen molar-refractivity contribution in [2.45, 2.75) is 174 Å². The lowest BCUT2D eigenvalue weighted by Gasteiger charge is -2.20. The smallest absolute Gasteiger partial charge is 0.457 e. The normalized spacial score (nSPS) is 14.3. The summed E-state index contributed by atoms with van der Waals surface area (Å²) in [7, 11) is -4.29. The zero-order chi connectivity index (χ0) is 42.3. The maximum Gasteiger partial charge on any atom is 0.472 e. The van der Waals surface area contributed by atoms with Gasteiger partial charge in [-0.05, 0) is 89.9 Å². The summed E-state index contributed by atoms with van der Waals surface area (Å²) in [5.74, 6) is -0.354. The van der Waals surface area contributed by atoms with Gasteiger partial charge in [-0.2, -0.15) is 0 Å². The number of unbranched alkanes of at least 4 members (excludes halogenated alkanes) is 13. The lowest BCUT2D eigenvalue weighted by molar-refractivity contribution is -0.154. The molecular weight excluding hydrogens is 746 g/mol. The van der Waals surface area contributed by atoms with E-state index in [-0.39, 0.29) is 32.3 Å². The summed E-state index contributed by atoms with van der Waals surface area (Å²) in [6, 6.07) is 0. The molecule has 0 saturated heterocycles. The number of phosphoric ester groups is 1. The number of nitrogens with two attached hydrogens (primary N) is 1. The van der Waals surface area contributed by atoms with E-state index in [0.29, 0.717) is 13.0 Å². The quantitative estimate of drug-likeness (QED) is 0.0270. The summed E-state index contributed by atoms with van der Waals surface area (Å²) in [6.45, 7) is 4.67. The molecular formula is C49H84NO7P. The van der Waals surface area contributed by atoms with Crippen LogP contribution in [0.2, 0.25) is 0 Å². The van der Waals surface area contributed by atoms with Crippen molar-refractivity contribution < 1.29 is 32.8 Å². The fraction of sp³-hybridized carbons (Fsp3) is 0.653. The third kappa shape index (κ3) is 44.5. The molecule has 58 heavy (non-hydrogen) atoms. The number of phosphoric acid groups is 1. The van der Waals surface area contributed by atoms with Crippen molar-refractivity contribution in [3.05, 3.63) is 97.2 Å².